The van der Waals surface area contributed by atoms with Crippen molar-refractivity contribution in [1.82, 2.24) is 4.98 Å². The van der Waals surface area contributed by atoms with Gasteiger partial charge in [0.15, 0.2) is 11.6 Å². The Kier molecular flexibility index (Phi) is 2.47. The van der Waals surface area contributed by atoms with Crippen LogP contribution >= 0.6 is 0 Å². The first kappa shape index (κ1) is 8.77. The van der Waals surface area contributed by atoms with Gasteiger partial charge in [-0.25, -0.2) is 9.78 Å². The van der Waals surface area contributed by atoms with Gasteiger partial charge in [0.25, 0.3) is 0 Å². The molecular formula is C8H11NO3. The Morgan fingerprint density at radius 2 is 2.42 bits per heavy atom. The van der Waals surface area contributed by atoms with Crippen LogP contribution in [-0.2, 0) is 6.42 Å². The third kappa shape index (κ3) is 2.08. The lowest BCUT2D eigenvalue weighted by Crippen LogP contribution is -1.98. The predicted octanol–water partition coefficient (Wildman–Crippen LogP) is 1.57. The van der Waals surface area contributed by atoms with Crippen LogP contribution in [0.5, 0.6) is 0 Å². The van der Waals surface area contributed by atoms with E-state index in [1.807, 2.05) is 13.8 Å². The zero-order valence-corrected chi connectivity index (χ0v) is 7.07. The summed E-state index contributed by atoms with van der Waals surface area (Å²) in [5.41, 5.74) is -0.0225. The lowest BCUT2D eigenvalue weighted by Gasteiger charge is -1.96. The smallest absolute Gasteiger partial charge is 0.357 e. The fourth-order valence-electron chi connectivity index (χ4n) is 0.852. The number of hydrogen-bond donors (Lipinski definition) is 1. The molecule has 0 spiro atoms. The van der Waals surface area contributed by atoms with Gasteiger partial charge in [-0.15, -0.1) is 0 Å². The zero-order chi connectivity index (χ0) is 9.14. The summed E-state index contributed by atoms with van der Waals surface area (Å²) in [6.07, 6.45) is 1.84. The molecule has 0 saturated carbocycles. The standard InChI is InChI=1S/C8H11NO3/c1-5(2)3-7-9-6(4-12-7)8(10)11/h4-5H,3H2,1-2H3,(H,10,11). The molecule has 0 radical (unpaired) electrons. The highest BCUT2D eigenvalue weighted by molar-refractivity contribution is 5.84. The van der Waals surface area contributed by atoms with E-state index in [-0.39, 0.29) is 5.69 Å². The highest BCUT2D eigenvalue weighted by Gasteiger charge is 2.10. The molecule has 4 nitrogen and oxygen atoms in total. The van der Waals surface area contributed by atoms with Crippen LogP contribution in [0.3, 0.4) is 0 Å². The Morgan fingerprint density at radius 3 is 2.83 bits per heavy atom. The molecule has 0 aliphatic rings. The first-order valence-corrected chi connectivity index (χ1v) is 3.77. The molecule has 0 aromatic carbocycles. The van der Waals surface area contributed by atoms with E-state index >= 15 is 0 Å². The SMILES string of the molecule is CC(C)Cc1nc(C(=O)O)co1. The van der Waals surface area contributed by atoms with Crippen molar-refractivity contribution < 1.29 is 14.3 Å². The third-order valence-electron chi connectivity index (χ3n) is 1.35. The number of aromatic nitrogens is 1. The molecule has 1 rings (SSSR count). The number of carboxylic acids is 1. The molecule has 0 atom stereocenters. The normalized spacial score (nSPS) is 10.6. The molecule has 1 heterocycles. The second kappa shape index (κ2) is 3.38. The molecule has 0 unspecified atom stereocenters. The molecule has 0 aliphatic heterocycles. The maximum absolute atomic E-state index is 10.4. The van der Waals surface area contributed by atoms with Crippen LogP contribution in [0.1, 0.15) is 30.2 Å². The molecular weight excluding hydrogens is 158 g/mol. The van der Waals surface area contributed by atoms with Gasteiger partial charge < -0.3 is 9.52 Å². The Morgan fingerprint density at radius 1 is 1.75 bits per heavy atom. The van der Waals surface area contributed by atoms with Crippen molar-refractivity contribution >= 4 is 5.97 Å². The van der Waals surface area contributed by atoms with Crippen LogP contribution < -0.4 is 0 Å². The number of hydrogen-bond acceptors (Lipinski definition) is 3. The minimum absolute atomic E-state index is 0.0225. The summed E-state index contributed by atoms with van der Waals surface area (Å²) in [5, 5.41) is 8.51. The van der Waals surface area contributed by atoms with E-state index in [9.17, 15) is 4.79 Å². The summed E-state index contributed by atoms with van der Waals surface area (Å²) in [4.78, 5) is 14.2. The molecule has 0 fully saturated rings. The molecule has 0 aliphatic carbocycles. The summed E-state index contributed by atoms with van der Waals surface area (Å²) < 4.78 is 4.94. The fourth-order valence-corrected chi connectivity index (χ4v) is 0.852. The minimum atomic E-state index is -1.05. The molecule has 1 aromatic heterocycles. The monoisotopic (exact) mass is 169 g/mol. The number of aromatic carboxylic acids is 1. The number of rotatable bonds is 3. The quantitative estimate of drug-likeness (QED) is 0.745. The number of oxazole rings is 1. The van der Waals surface area contributed by atoms with Gasteiger partial charge in [-0.1, -0.05) is 13.8 Å². The summed E-state index contributed by atoms with van der Waals surface area (Å²) >= 11 is 0. The Hall–Kier alpha value is -1.32. The topological polar surface area (TPSA) is 63.3 Å². The van der Waals surface area contributed by atoms with Crippen LogP contribution in [0, 0.1) is 5.92 Å². The van der Waals surface area contributed by atoms with Gasteiger partial charge in [0.2, 0.25) is 0 Å². The highest BCUT2D eigenvalue weighted by Crippen LogP contribution is 2.07. The van der Waals surface area contributed by atoms with Crippen molar-refractivity contribution in [3.8, 4) is 0 Å². The Balaban J connectivity index is 2.71. The summed E-state index contributed by atoms with van der Waals surface area (Å²) in [7, 11) is 0. The van der Waals surface area contributed by atoms with E-state index in [2.05, 4.69) is 4.98 Å². The minimum Gasteiger partial charge on any atom is -0.476 e. The van der Waals surface area contributed by atoms with Crippen molar-refractivity contribution in [1.29, 1.82) is 0 Å². The van der Waals surface area contributed by atoms with E-state index < -0.39 is 5.97 Å². The Bertz CT molecular complexity index is 278. The molecule has 0 saturated heterocycles. The zero-order valence-electron chi connectivity index (χ0n) is 7.07. The van der Waals surface area contributed by atoms with Gasteiger partial charge in [-0.3, -0.25) is 0 Å². The predicted molar refractivity (Wildman–Crippen MR) is 42.0 cm³/mol. The van der Waals surface area contributed by atoms with Crippen LogP contribution in [0.25, 0.3) is 0 Å². The molecule has 1 aromatic rings. The van der Waals surface area contributed by atoms with Gasteiger partial charge >= 0.3 is 5.97 Å². The highest BCUT2D eigenvalue weighted by atomic mass is 16.4. The van der Waals surface area contributed by atoms with Gasteiger partial charge in [0, 0.05) is 6.42 Å². The number of carbonyl (C=O) groups is 1. The lowest BCUT2D eigenvalue weighted by atomic mass is 10.1. The van der Waals surface area contributed by atoms with Crippen LogP contribution in [0.2, 0.25) is 0 Å². The van der Waals surface area contributed by atoms with E-state index in [4.69, 9.17) is 9.52 Å². The van der Waals surface area contributed by atoms with E-state index in [1.54, 1.807) is 0 Å². The van der Waals surface area contributed by atoms with Crippen molar-refractivity contribution in [3.05, 3.63) is 17.8 Å². The van der Waals surface area contributed by atoms with Gasteiger partial charge in [0.05, 0.1) is 0 Å². The van der Waals surface area contributed by atoms with Crippen molar-refractivity contribution in [2.24, 2.45) is 5.92 Å². The summed E-state index contributed by atoms with van der Waals surface area (Å²) in [6, 6.07) is 0. The first-order valence-electron chi connectivity index (χ1n) is 3.77. The summed E-state index contributed by atoms with van der Waals surface area (Å²) in [6.45, 7) is 4.04. The van der Waals surface area contributed by atoms with Crippen LogP contribution in [0.4, 0.5) is 0 Å². The lowest BCUT2D eigenvalue weighted by molar-refractivity contribution is 0.0690. The second-order valence-electron chi connectivity index (χ2n) is 3.03. The first-order chi connectivity index (χ1) is 5.59. The van der Waals surface area contributed by atoms with Crippen LogP contribution in [0.15, 0.2) is 10.7 Å². The second-order valence-corrected chi connectivity index (χ2v) is 3.03. The van der Waals surface area contributed by atoms with E-state index in [0.29, 0.717) is 18.2 Å². The molecule has 12 heavy (non-hydrogen) atoms. The van der Waals surface area contributed by atoms with E-state index in [0.717, 1.165) is 0 Å². The number of nitrogens with zero attached hydrogens (tertiary/aromatic N) is 1. The number of carboxylic acid groups (broad SMARTS) is 1. The van der Waals surface area contributed by atoms with E-state index in [1.165, 1.54) is 6.26 Å². The fraction of sp³-hybridized carbons (Fsp3) is 0.500. The molecule has 1 N–H and O–H groups in total. The average molecular weight is 169 g/mol. The third-order valence-corrected chi connectivity index (χ3v) is 1.35. The van der Waals surface area contributed by atoms with Crippen molar-refractivity contribution in [2.75, 3.05) is 0 Å². The largest absolute Gasteiger partial charge is 0.476 e. The summed E-state index contributed by atoms with van der Waals surface area (Å²) in [5.74, 6) is -0.138. The maximum Gasteiger partial charge on any atom is 0.357 e. The molecule has 4 heteroatoms. The molecule has 0 amide bonds. The maximum atomic E-state index is 10.4. The molecule has 66 valence electrons. The van der Waals surface area contributed by atoms with Gasteiger partial charge in [0.1, 0.15) is 6.26 Å². The molecule has 0 bridgehead atoms. The average Bonchev–Trinajstić information content (AvgIpc) is 2.34. The van der Waals surface area contributed by atoms with Gasteiger partial charge in [-0.05, 0) is 5.92 Å². The van der Waals surface area contributed by atoms with Crippen LogP contribution in [-0.4, -0.2) is 16.1 Å². The van der Waals surface area contributed by atoms with Crippen molar-refractivity contribution in [3.63, 3.8) is 0 Å². The van der Waals surface area contributed by atoms with Crippen molar-refractivity contribution in [2.45, 2.75) is 20.3 Å². The van der Waals surface area contributed by atoms with Gasteiger partial charge in [-0.2, -0.15) is 0 Å². The Labute approximate surface area is 70.2 Å².